The Morgan fingerprint density at radius 1 is 0.373 bits per heavy atom. The molecule has 0 saturated carbocycles. The molecule has 0 amide bonds. The van der Waals surface area contributed by atoms with Crippen LogP contribution in [0.15, 0.2) is 72.8 Å². The molecule has 4 aromatic rings. The monoisotopic (exact) mass is 1020 g/mol. The summed E-state index contributed by atoms with van der Waals surface area (Å²) in [6.07, 6.45) is -48.1. The largest absolute Gasteiger partial charge is 0.416 e. The van der Waals surface area contributed by atoms with E-state index in [1.54, 1.807) is 0 Å². The fraction of sp³-hybridized carbons (Fsp3) is 0.359. The summed E-state index contributed by atoms with van der Waals surface area (Å²) in [5.74, 6) is 0. The van der Waals surface area contributed by atoms with Crippen LogP contribution in [0.2, 0.25) is 0 Å². The van der Waals surface area contributed by atoms with E-state index in [9.17, 15) is 105 Å². The van der Waals surface area contributed by atoms with E-state index in [1.165, 1.54) is 0 Å². The minimum atomic E-state index is -6.13. The van der Waals surface area contributed by atoms with E-state index >= 15 is 0 Å². The highest BCUT2D eigenvalue weighted by atomic mass is 32.2. The van der Waals surface area contributed by atoms with Crippen molar-refractivity contribution in [3.8, 4) is 6.07 Å². The lowest BCUT2D eigenvalue weighted by molar-refractivity contribution is -0.144. The Bertz CT molecular complexity index is 1960. The standard InChI is InChI=1S/C32H12BF24.C7H14NOS/c34-25(35,36)13-1-14(26(37,38)39)6-21(5-13)33(22-7-15(27(40,41)42)2-16(8-22)28(43,44)45,23-9-17(29(46,47)48)3-18(10-23)30(49,50)51)24-11-19(31(52,53)54)4-20(12-24)32(55,56)57;1-10(2)9-7-5-3-4-6-8/h1-12H;3-5,7H2,1-2H3/q-1;+1. The van der Waals surface area contributed by atoms with Crippen LogP contribution in [0.25, 0.3) is 0 Å². The second-order valence-corrected chi connectivity index (χ2v) is 16.1. The molecule has 370 valence electrons. The van der Waals surface area contributed by atoms with E-state index < -0.39 is 195 Å². The fourth-order valence-electron chi connectivity index (χ4n) is 6.60. The third-order valence-electron chi connectivity index (χ3n) is 9.44. The summed E-state index contributed by atoms with van der Waals surface area (Å²) < 4.78 is 346. The second kappa shape index (κ2) is 19.6. The van der Waals surface area contributed by atoms with Gasteiger partial charge in [-0.1, -0.05) is 48.5 Å². The van der Waals surface area contributed by atoms with Gasteiger partial charge in [0.05, 0.1) is 50.6 Å². The maximum atomic E-state index is 14.2. The first-order chi connectivity index (χ1) is 30.0. The van der Waals surface area contributed by atoms with Crippen molar-refractivity contribution in [3.05, 3.63) is 117 Å². The predicted octanol–water partition coefficient (Wildman–Crippen LogP) is 12.7. The number of hydrogen-bond donors (Lipinski definition) is 0. The molecule has 4 rings (SSSR count). The Balaban J connectivity index is 0.00000106. The van der Waals surface area contributed by atoms with E-state index in [0.29, 0.717) is 6.42 Å². The molecule has 0 radical (unpaired) electrons. The lowest BCUT2D eigenvalue weighted by Crippen LogP contribution is -2.75. The quantitative estimate of drug-likeness (QED) is 0.0724. The highest BCUT2D eigenvalue weighted by Gasteiger charge is 2.47. The van der Waals surface area contributed by atoms with Crippen molar-refractivity contribution in [1.82, 2.24) is 0 Å². The summed E-state index contributed by atoms with van der Waals surface area (Å²) in [6.45, 7) is 0.803. The first kappa shape index (κ1) is 56.4. The lowest BCUT2D eigenvalue weighted by atomic mass is 9.12. The average Bonchev–Trinajstić information content (AvgIpc) is 3.15. The van der Waals surface area contributed by atoms with Crippen molar-refractivity contribution < 1.29 is 110 Å². The first-order valence-corrected chi connectivity index (χ1v) is 19.9. The van der Waals surface area contributed by atoms with Gasteiger partial charge in [-0.25, -0.2) is 0 Å². The highest BCUT2D eigenvalue weighted by molar-refractivity contribution is 7.90. The topological polar surface area (TPSA) is 33.0 Å². The van der Waals surface area contributed by atoms with Gasteiger partial charge in [0.1, 0.15) is 36.4 Å². The summed E-state index contributed by atoms with van der Waals surface area (Å²) in [7, 11) is 0. The molecule has 0 saturated heterocycles. The summed E-state index contributed by atoms with van der Waals surface area (Å²) in [5.41, 5.74) is -30.2. The molecule has 0 aliphatic rings. The third kappa shape index (κ3) is 14.3. The first-order valence-electron chi connectivity index (χ1n) is 18.0. The lowest BCUT2D eigenvalue weighted by Gasteiger charge is -2.46. The molecule has 0 aliphatic carbocycles. The Labute approximate surface area is 365 Å². The molecule has 0 unspecified atom stereocenters. The van der Waals surface area contributed by atoms with E-state index in [-0.39, 0.29) is 11.2 Å². The van der Waals surface area contributed by atoms with Crippen molar-refractivity contribution in [2.75, 3.05) is 19.1 Å². The molecule has 2 nitrogen and oxygen atoms in total. The van der Waals surface area contributed by atoms with Gasteiger partial charge in [0.2, 0.25) is 0 Å². The number of unbranched alkanes of at least 4 members (excludes halogenated alkanes) is 2. The fourth-order valence-corrected chi connectivity index (χ4v) is 7.05. The molecule has 0 fully saturated rings. The van der Waals surface area contributed by atoms with Gasteiger partial charge >= 0.3 is 49.4 Å². The molecule has 28 heteroatoms. The molecule has 0 N–H and O–H groups in total. The molecular formula is C39H26BF24NOS. The predicted molar refractivity (Wildman–Crippen MR) is 195 cm³/mol. The third-order valence-corrected chi connectivity index (χ3v) is 10.1. The van der Waals surface area contributed by atoms with Crippen LogP contribution in [-0.4, -0.2) is 25.3 Å². The number of nitriles is 1. The number of nitrogens with zero attached hydrogens (tertiary/aromatic N) is 1. The van der Waals surface area contributed by atoms with Crippen molar-refractivity contribution in [3.63, 3.8) is 0 Å². The summed E-state index contributed by atoms with van der Waals surface area (Å²) in [5, 5.41) is 8.19. The number of alkyl halides is 24. The Hall–Kier alpha value is -4.94. The van der Waals surface area contributed by atoms with E-state index in [2.05, 4.69) is 6.07 Å². The van der Waals surface area contributed by atoms with Crippen LogP contribution in [0.4, 0.5) is 105 Å². The van der Waals surface area contributed by atoms with Gasteiger partial charge in [0.15, 0.2) is 0 Å². The van der Waals surface area contributed by atoms with Gasteiger partial charge in [0, 0.05) is 6.42 Å². The van der Waals surface area contributed by atoms with Gasteiger partial charge in [-0.3, -0.25) is 0 Å². The van der Waals surface area contributed by atoms with Crippen molar-refractivity contribution in [1.29, 1.82) is 5.26 Å². The van der Waals surface area contributed by atoms with Crippen LogP contribution in [-0.2, 0) is 64.8 Å². The van der Waals surface area contributed by atoms with E-state index in [0.717, 1.165) is 19.4 Å². The number of hydrogen-bond acceptors (Lipinski definition) is 2. The average molecular weight is 1020 g/mol. The molecule has 0 aliphatic heterocycles. The zero-order chi connectivity index (χ0) is 51.7. The molecule has 67 heavy (non-hydrogen) atoms. The van der Waals surface area contributed by atoms with Crippen LogP contribution < -0.4 is 21.9 Å². The van der Waals surface area contributed by atoms with Gasteiger partial charge < -0.3 is 0 Å². The maximum Gasteiger partial charge on any atom is 0.416 e. The zero-order valence-corrected chi connectivity index (χ0v) is 34.0. The summed E-state index contributed by atoms with van der Waals surface area (Å²) in [4.78, 5) is 0. The van der Waals surface area contributed by atoms with Crippen molar-refractivity contribution in [2.24, 2.45) is 0 Å². The Morgan fingerprint density at radius 2 is 0.567 bits per heavy atom. The highest BCUT2D eigenvalue weighted by Crippen LogP contribution is 2.41. The second-order valence-electron chi connectivity index (χ2n) is 14.4. The van der Waals surface area contributed by atoms with Gasteiger partial charge in [-0.05, 0) is 37.1 Å². The number of rotatable bonds is 9. The smallest absolute Gasteiger partial charge is 0.198 e. The van der Waals surface area contributed by atoms with E-state index in [1.807, 2.05) is 12.5 Å². The van der Waals surface area contributed by atoms with Crippen molar-refractivity contribution >= 4 is 39.2 Å². The Kier molecular flexibility index (Phi) is 16.5. The molecule has 0 heterocycles. The SMILES string of the molecule is C[S+](C)OCCCCC#N.FC(F)(F)c1cc([B-](c2cc(C(F)(F)F)cc(C(F)(F)F)c2)(c2cc(C(F)(F)F)cc(C(F)(F)F)c2)c2cc(C(F)(F)F)cc(C(F)(F)F)c2)cc(C(F)(F)F)c1. The van der Waals surface area contributed by atoms with Gasteiger partial charge in [-0.2, -0.15) is 137 Å². The molecule has 0 spiro atoms. The van der Waals surface area contributed by atoms with Crippen molar-refractivity contribution in [2.45, 2.75) is 68.7 Å². The van der Waals surface area contributed by atoms with Crippen LogP contribution in [0.5, 0.6) is 0 Å². The maximum absolute atomic E-state index is 14.2. The molecule has 4 aromatic carbocycles. The molecule has 0 bridgehead atoms. The van der Waals surface area contributed by atoms with Gasteiger partial charge in [-0.15, -0.1) is 0 Å². The molecule has 0 aromatic heterocycles. The van der Waals surface area contributed by atoms with Gasteiger partial charge in [0.25, 0.3) is 0 Å². The van der Waals surface area contributed by atoms with Crippen LogP contribution >= 0.6 is 0 Å². The van der Waals surface area contributed by atoms with E-state index in [4.69, 9.17) is 9.44 Å². The number of halogens is 24. The molecule has 0 atom stereocenters. The summed E-state index contributed by atoms with van der Waals surface area (Å²) >= 11 is 0.0961. The Morgan fingerprint density at radius 3 is 0.716 bits per heavy atom. The molecular weight excluding hydrogens is 997 g/mol. The zero-order valence-electron chi connectivity index (χ0n) is 33.2. The minimum Gasteiger partial charge on any atom is -0.198 e. The van der Waals surface area contributed by atoms with Crippen LogP contribution in [0.1, 0.15) is 63.8 Å². The normalized spacial score (nSPS) is 13.6. The minimum absolute atomic E-state index is 0.0961. The number of benzene rings is 4. The van der Waals surface area contributed by atoms with Crippen LogP contribution in [0, 0.1) is 11.3 Å². The van der Waals surface area contributed by atoms with Crippen LogP contribution in [0.3, 0.4) is 0 Å². The summed E-state index contributed by atoms with van der Waals surface area (Å²) in [6, 6.07) is -6.71.